The molecule has 0 fully saturated rings. The molecule has 1 aromatic heterocycles. The van der Waals surface area contributed by atoms with E-state index >= 15 is 0 Å². The molecule has 0 unspecified atom stereocenters. The SMILES string of the molecule is CCN(c1nc(C(N)=O)ccc1N)C(C)C. The Morgan fingerprint density at radius 3 is 2.56 bits per heavy atom. The normalized spacial score (nSPS) is 10.5. The molecule has 0 aliphatic carbocycles. The summed E-state index contributed by atoms with van der Waals surface area (Å²) in [6.07, 6.45) is 0. The number of primary amides is 1. The molecule has 0 aromatic carbocycles. The Hall–Kier alpha value is -1.78. The third kappa shape index (κ3) is 2.42. The number of anilines is 2. The second-order valence-corrected chi connectivity index (χ2v) is 3.85. The number of amides is 1. The van der Waals surface area contributed by atoms with Gasteiger partial charge < -0.3 is 16.4 Å². The summed E-state index contributed by atoms with van der Waals surface area (Å²) in [5.41, 5.74) is 11.8. The lowest BCUT2D eigenvalue weighted by molar-refractivity contribution is 0.0995. The second-order valence-electron chi connectivity index (χ2n) is 3.85. The minimum atomic E-state index is -0.541. The summed E-state index contributed by atoms with van der Waals surface area (Å²) in [6.45, 7) is 6.87. The smallest absolute Gasteiger partial charge is 0.267 e. The molecule has 1 heterocycles. The number of aromatic nitrogens is 1. The van der Waals surface area contributed by atoms with Gasteiger partial charge in [-0.25, -0.2) is 4.98 Å². The maximum atomic E-state index is 11.0. The maximum absolute atomic E-state index is 11.0. The number of hydrogen-bond donors (Lipinski definition) is 2. The third-order valence-electron chi connectivity index (χ3n) is 2.39. The summed E-state index contributed by atoms with van der Waals surface area (Å²) in [7, 11) is 0. The fourth-order valence-electron chi connectivity index (χ4n) is 1.59. The zero-order valence-corrected chi connectivity index (χ0v) is 9.90. The van der Waals surface area contributed by atoms with E-state index in [9.17, 15) is 4.79 Å². The van der Waals surface area contributed by atoms with Crippen LogP contribution in [0.25, 0.3) is 0 Å². The van der Waals surface area contributed by atoms with E-state index in [4.69, 9.17) is 11.5 Å². The van der Waals surface area contributed by atoms with Crippen molar-refractivity contribution in [3.8, 4) is 0 Å². The lowest BCUT2D eigenvalue weighted by Crippen LogP contribution is -2.32. The lowest BCUT2D eigenvalue weighted by atomic mass is 10.2. The third-order valence-corrected chi connectivity index (χ3v) is 2.39. The highest BCUT2D eigenvalue weighted by Gasteiger charge is 2.15. The highest BCUT2D eigenvalue weighted by Crippen LogP contribution is 2.22. The van der Waals surface area contributed by atoms with Gasteiger partial charge in [0.25, 0.3) is 5.91 Å². The van der Waals surface area contributed by atoms with Gasteiger partial charge in [0.2, 0.25) is 0 Å². The van der Waals surface area contributed by atoms with Gasteiger partial charge in [0, 0.05) is 12.6 Å². The van der Waals surface area contributed by atoms with Crippen LogP contribution in [-0.4, -0.2) is 23.5 Å². The summed E-state index contributed by atoms with van der Waals surface area (Å²) in [5, 5.41) is 0. The van der Waals surface area contributed by atoms with Crippen molar-refractivity contribution in [2.45, 2.75) is 26.8 Å². The fourth-order valence-corrected chi connectivity index (χ4v) is 1.59. The quantitative estimate of drug-likeness (QED) is 0.795. The number of hydrogen-bond acceptors (Lipinski definition) is 4. The van der Waals surface area contributed by atoms with Gasteiger partial charge in [0.1, 0.15) is 5.69 Å². The van der Waals surface area contributed by atoms with E-state index in [2.05, 4.69) is 4.98 Å². The molecule has 88 valence electrons. The monoisotopic (exact) mass is 222 g/mol. The zero-order valence-electron chi connectivity index (χ0n) is 9.90. The summed E-state index contributed by atoms with van der Waals surface area (Å²) < 4.78 is 0. The van der Waals surface area contributed by atoms with E-state index in [0.29, 0.717) is 11.5 Å². The Morgan fingerprint density at radius 2 is 2.12 bits per heavy atom. The minimum Gasteiger partial charge on any atom is -0.396 e. The van der Waals surface area contributed by atoms with Gasteiger partial charge in [-0.3, -0.25) is 4.79 Å². The van der Waals surface area contributed by atoms with Crippen LogP contribution in [0.2, 0.25) is 0 Å². The number of nitrogens with two attached hydrogens (primary N) is 2. The number of carbonyl (C=O) groups is 1. The summed E-state index contributed by atoms with van der Waals surface area (Å²) in [4.78, 5) is 17.3. The lowest BCUT2D eigenvalue weighted by Gasteiger charge is -2.27. The van der Waals surface area contributed by atoms with Crippen LogP contribution in [0.3, 0.4) is 0 Å². The largest absolute Gasteiger partial charge is 0.396 e. The van der Waals surface area contributed by atoms with E-state index in [1.807, 2.05) is 25.7 Å². The van der Waals surface area contributed by atoms with Crippen LogP contribution >= 0.6 is 0 Å². The van der Waals surface area contributed by atoms with Gasteiger partial charge in [-0.1, -0.05) is 0 Å². The number of carbonyl (C=O) groups excluding carboxylic acids is 1. The van der Waals surface area contributed by atoms with E-state index in [0.717, 1.165) is 6.54 Å². The van der Waals surface area contributed by atoms with Crippen LogP contribution < -0.4 is 16.4 Å². The molecule has 1 amide bonds. The summed E-state index contributed by atoms with van der Waals surface area (Å²) in [5.74, 6) is 0.0786. The molecule has 0 spiro atoms. The Balaban J connectivity index is 3.19. The van der Waals surface area contributed by atoms with Gasteiger partial charge in [-0.15, -0.1) is 0 Å². The molecular formula is C11H18N4O. The number of rotatable bonds is 4. The van der Waals surface area contributed by atoms with E-state index < -0.39 is 5.91 Å². The Bertz CT molecular complexity index is 390. The predicted octanol–water partition coefficient (Wildman–Crippen LogP) is 0.997. The van der Waals surface area contributed by atoms with Crippen LogP contribution in [-0.2, 0) is 0 Å². The summed E-state index contributed by atoms with van der Waals surface area (Å²) in [6, 6.07) is 3.46. The molecule has 0 aliphatic heterocycles. The molecule has 0 saturated carbocycles. The highest BCUT2D eigenvalue weighted by molar-refractivity contribution is 5.91. The first-order valence-electron chi connectivity index (χ1n) is 5.30. The Kier molecular flexibility index (Phi) is 3.71. The standard InChI is InChI=1S/C11H18N4O/c1-4-15(7(2)3)11-8(12)5-6-9(14-11)10(13)16/h5-7H,4,12H2,1-3H3,(H2,13,16). The molecule has 0 bridgehead atoms. The second kappa shape index (κ2) is 4.83. The zero-order chi connectivity index (χ0) is 12.3. The van der Waals surface area contributed by atoms with Crippen molar-refractivity contribution in [2.75, 3.05) is 17.2 Å². The average molecular weight is 222 g/mol. The van der Waals surface area contributed by atoms with Crippen molar-refractivity contribution in [1.82, 2.24) is 4.98 Å². The number of nitrogens with zero attached hydrogens (tertiary/aromatic N) is 2. The van der Waals surface area contributed by atoms with Crippen LogP contribution in [0, 0.1) is 0 Å². The van der Waals surface area contributed by atoms with Crippen molar-refractivity contribution >= 4 is 17.4 Å². The van der Waals surface area contributed by atoms with Crippen LogP contribution in [0.5, 0.6) is 0 Å². The van der Waals surface area contributed by atoms with E-state index in [1.165, 1.54) is 6.07 Å². The van der Waals surface area contributed by atoms with Crippen molar-refractivity contribution in [3.05, 3.63) is 17.8 Å². The highest BCUT2D eigenvalue weighted by atomic mass is 16.1. The molecule has 5 nitrogen and oxygen atoms in total. The fraction of sp³-hybridized carbons (Fsp3) is 0.455. The van der Waals surface area contributed by atoms with E-state index in [1.54, 1.807) is 6.07 Å². The van der Waals surface area contributed by atoms with Gasteiger partial charge >= 0.3 is 0 Å². The topological polar surface area (TPSA) is 85.2 Å². The molecule has 0 radical (unpaired) electrons. The molecule has 16 heavy (non-hydrogen) atoms. The maximum Gasteiger partial charge on any atom is 0.267 e. The average Bonchev–Trinajstić information content (AvgIpc) is 2.20. The molecule has 0 atom stereocenters. The van der Waals surface area contributed by atoms with Crippen molar-refractivity contribution < 1.29 is 4.79 Å². The molecule has 5 heteroatoms. The van der Waals surface area contributed by atoms with Crippen molar-refractivity contribution in [3.63, 3.8) is 0 Å². The van der Waals surface area contributed by atoms with E-state index in [-0.39, 0.29) is 11.7 Å². The predicted molar refractivity (Wildman–Crippen MR) is 65.3 cm³/mol. The number of pyridine rings is 1. The molecule has 0 aliphatic rings. The van der Waals surface area contributed by atoms with Crippen LogP contribution in [0.4, 0.5) is 11.5 Å². The van der Waals surface area contributed by atoms with Crippen LogP contribution in [0.1, 0.15) is 31.3 Å². The van der Waals surface area contributed by atoms with Crippen molar-refractivity contribution in [2.24, 2.45) is 5.73 Å². The number of nitrogen functional groups attached to an aromatic ring is 1. The van der Waals surface area contributed by atoms with Gasteiger partial charge in [-0.2, -0.15) is 0 Å². The van der Waals surface area contributed by atoms with Crippen molar-refractivity contribution in [1.29, 1.82) is 0 Å². The first-order chi connectivity index (χ1) is 7.47. The first kappa shape index (κ1) is 12.3. The van der Waals surface area contributed by atoms with Gasteiger partial charge in [0.15, 0.2) is 5.82 Å². The molecule has 0 saturated heterocycles. The van der Waals surface area contributed by atoms with Gasteiger partial charge in [-0.05, 0) is 32.9 Å². The molecule has 4 N–H and O–H groups in total. The Morgan fingerprint density at radius 1 is 1.50 bits per heavy atom. The van der Waals surface area contributed by atoms with Gasteiger partial charge in [0.05, 0.1) is 5.69 Å². The minimum absolute atomic E-state index is 0.239. The molecule has 1 aromatic rings. The molecule has 1 rings (SSSR count). The van der Waals surface area contributed by atoms with Crippen LogP contribution in [0.15, 0.2) is 12.1 Å². The molecular weight excluding hydrogens is 204 g/mol. The summed E-state index contributed by atoms with van der Waals surface area (Å²) >= 11 is 0. The first-order valence-corrected chi connectivity index (χ1v) is 5.30. The Labute approximate surface area is 95.4 Å².